The number of anilines is 1. The summed E-state index contributed by atoms with van der Waals surface area (Å²) in [6.07, 6.45) is 3.38. The molecular weight excluding hydrogens is 514 g/mol. The Morgan fingerprint density at radius 3 is 2.55 bits per heavy atom. The lowest BCUT2D eigenvalue weighted by Crippen LogP contribution is -2.15. The molecule has 1 N–H and O–H groups in total. The number of rotatable bonds is 7. The highest BCUT2D eigenvalue weighted by molar-refractivity contribution is 7.98. The summed E-state index contributed by atoms with van der Waals surface area (Å²) in [4.78, 5) is 26.6. The van der Waals surface area contributed by atoms with Crippen molar-refractivity contribution >= 4 is 44.9 Å². The lowest BCUT2D eigenvalue weighted by atomic mass is 10.2. The fourth-order valence-corrected chi connectivity index (χ4v) is 5.78. The molecule has 0 saturated carbocycles. The molecule has 3 heterocycles. The van der Waals surface area contributed by atoms with Crippen molar-refractivity contribution < 1.29 is 4.79 Å². The third-order valence-corrected chi connectivity index (χ3v) is 7.75. The van der Waals surface area contributed by atoms with Crippen molar-refractivity contribution in [3.8, 4) is 16.3 Å². The van der Waals surface area contributed by atoms with Crippen molar-refractivity contribution in [2.75, 3.05) is 5.32 Å². The van der Waals surface area contributed by atoms with Crippen LogP contribution in [0.5, 0.6) is 0 Å². The summed E-state index contributed by atoms with van der Waals surface area (Å²) in [5.74, 6) is 0.0880. The molecule has 0 aliphatic rings. The maximum absolute atomic E-state index is 13.3. The summed E-state index contributed by atoms with van der Waals surface area (Å²) in [5.41, 5.74) is 5.59. The molecule has 0 bridgehead atoms. The minimum Gasteiger partial charge on any atom is -0.321 e. The van der Waals surface area contributed by atoms with Gasteiger partial charge in [0.25, 0.3) is 5.91 Å². The van der Waals surface area contributed by atoms with Crippen LogP contribution in [0.1, 0.15) is 21.7 Å². The molecule has 0 unspecified atom stereocenters. The van der Waals surface area contributed by atoms with E-state index >= 15 is 0 Å². The maximum Gasteiger partial charge on any atom is 0.278 e. The van der Waals surface area contributed by atoms with Gasteiger partial charge in [0.2, 0.25) is 0 Å². The highest BCUT2D eigenvalue weighted by Gasteiger charge is 2.21. The van der Waals surface area contributed by atoms with Crippen molar-refractivity contribution in [2.24, 2.45) is 0 Å². The second kappa shape index (κ2) is 10.5. The number of fused-ring (bicyclic) bond motifs is 1. The molecular formula is C28H21N7OS2. The predicted molar refractivity (Wildman–Crippen MR) is 151 cm³/mol. The van der Waals surface area contributed by atoms with Crippen LogP contribution in [0.2, 0.25) is 0 Å². The molecule has 8 nitrogen and oxygen atoms in total. The zero-order chi connectivity index (χ0) is 25.9. The number of hydrogen-bond acceptors (Lipinski definition) is 8. The fourth-order valence-electron chi connectivity index (χ4n) is 3.92. The number of aromatic nitrogens is 6. The number of thioether (sulfide) groups is 1. The van der Waals surface area contributed by atoms with Gasteiger partial charge in [-0.1, -0.05) is 41.2 Å². The lowest BCUT2D eigenvalue weighted by Gasteiger charge is -2.08. The van der Waals surface area contributed by atoms with Gasteiger partial charge in [-0.05, 0) is 67.1 Å². The second-order valence-electron chi connectivity index (χ2n) is 8.47. The molecule has 3 aromatic heterocycles. The molecule has 0 spiro atoms. The number of benzene rings is 3. The molecule has 3 aromatic carbocycles. The Balaban J connectivity index is 1.24. The average molecular weight is 536 g/mol. The van der Waals surface area contributed by atoms with Crippen LogP contribution in [0.15, 0.2) is 96.4 Å². The number of aryl methyl sites for hydroxylation is 1. The number of para-hydroxylation sites is 1. The van der Waals surface area contributed by atoms with Crippen molar-refractivity contribution in [1.29, 1.82) is 0 Å². The molecule has 186 valence electrons. The number of nitrogens with zero attached hydrogens (tertiary/aromatic N) is 6. The standard InChI is InChI=1S/C28H21N7OS2/c1-18-8-13-22-24(16-18)38-27(32-22)19-9-11-20(12-10-19)31-26(36)25-23(17-37-28-29-14-5-15-30-28)35(34-33-25)21-6-3-2-4-7-21/h2-16H,17H2,1H3,(H,31,36). The summed E-state index contributed by atoms with van der Waals surface area (Å²) in [6.45, 7) is 2.08. The van der Waals surface area contributed by atoms with Crippen LogP contribution in [0.3, 0.4) is 0 Å². The number of nitrogens with one attached hydrogen (secondary N) is 1. The van der Waals surface area contributed by atoms with Crippen LogP contribution in [-0.2, 0) is 5.75 Å². The van der Waals surface area contributed by atoms with Crippen molar-refractivity contribution in [1.82, 2.24) is 29.9 Å². The molecule has 0 saturated heterocycles. The van der Waals surface area contributed by atoms with Crippen LogP contribution in [0, 0.1) is 6.92 Å². The SMILES string of the molecule is Cc1ccc2nc(-c3ccc(NC(=O)c4nnn(-c5ccccc5)c4CSc4ncccn4)cc3)sc2c1. The first-order chi connectivity index (χ1) is 18.6. The van der Waals surface area contributed by atoms with E-state index < -0.39 is 0 Å². The monoisotopic (exact) mass is 535 g/mol. The number of carbonyl (C=O) groups excluding carboxylic acids is 1. The topological polar surface area (TPSA) is 98.5 Å². The fraction of sp³-hybridized carbons (Fsp3) is 0.0714. The zero-order valence-corrected chi connectivity index (χ0v) is 21.9. The highest BCUT2D eigenvalue weighted by Crippen LogP contribution is 2.31. The minimum absolute atomic E-state index is 0.253. The van der Waals surface area contributed by atoms with Gasteiger partial charge in [-0.2, -0.15) is 0 Å². The van der Waals surface area contributed by atoms with Gasteiger partial charge in [0.05, 0.1) is 21.6 Å². The van der Waals surface area contributed by atoms with E-state index in [2.05, 4.69) is 44.7 Å². The van der Waals surface area contributed by atoms with E-state index in [1.165, 1.54) is 17.3 Å². The molecule has 6 aromatic rings. The summed E-state index contributed by atoms with van der Waals surface area (Å²) < 4.78 is 2.84. The van der Waals surface area contributed by atoms with E-state index in [-0.39, 0.29) is 11.6 Å². The summed E-state index contributed by atoms with van der Waals surface area (Å²) >= 11 is 3.07. The molecule has 1 amide bonds. The quantitative estimate of drug-likeness (QED) is 0.192. The van der Waals surface area contributed by atoms with Gasteiger partial charge in [-0.15, -0.1) is 16.4 Å². The number of carbonyl (C=O) groups is 1. The van der Waals surface area contributed by atoms with Gasteiger partial charge < -0.3 is 5.32 Å². The Labute approximate surface area is 226 Å². The van der Waals surface area contributed by atoms with Gasteiger partial charge in [-0.25, -0.2) is 19.6 Å². The molecule has 0 radical (unpaired) electrons. The molecule has 0 aliphatic heterocycles. The van der Waals surface area contributed by atoms with Gasteiger partial charge in [0.15, 0.2) is 10.9 Å². The minimum atomic E-state index is -0.333. The van der Waals surface area contributed by atoms with E-state index in [1.54, 1.807) is 34.5 Å². The van der Waals surface area contributed by atoms with Crippen LogP contribution >= 0.6 is 23.1 Å². The first-order valence-electron chi connectivity index (χ1n) is 11.8. The zero-order valence-electron chi connectivity index (χ0n) is 20.3. The van der Waals surface area contributed by atoms with Crippen LogP contribution < -0.4 is 5.32 Å². The average Bonchev–Trinajstić information content (AvgIpc) is 3.57. The Morgan fingerprint density at radius 2 is 1.76 bits per heavy atom. The molecule has 0 atom stereocenters. The Hall–Kier alpha value is -4.41. The number of hydrogen-bond donors (Lipinski definition) is 1. The third-order valence-electron chi connectivity index (χ3n) is 5.79. The smallest absolute Gasteiger partial charge is 0.278 e. The normalized spacial score (nSPS) is 11.1. The van der Waals surface area contributed by atoms with Gasteiger partial charge >= 0.3 is 0 Å². The van der Waals surface area contributed by atoms with Crippen LogP contribution in [0.25, 0.3) is 26.5 Å². The maximum atomic E-state index is 13.3. The molecule has 6 rings (SSSR count). The number of thiazole rings is 1. The van der Waals surface area contributed by atoms with Crippen molar-refractivity contribution in [3.63, 3.8) is 0 Å². The molecule has 38 heavy (non-hydrogen) atoms. The third kappa shape index (κ3) is 5.04. The lowest BCUT2D eigenvalue weighted by molar-refractivity contribution is 0.102. The first kappa shape index (κ1) is 24.0. The molecule has 0 fully saturated rings. The largest absolute Gasteiger partial charge is 0.321 e. The van der Waals surface area contributed by atoms with E-state index in [1.807, 2.05) is 60.7 Å². The van der Waals surface area contributed by atoms with E-state index in [9.17, 15) is 4.79 Å². The summed E-state index contributed by atoms with van der Waals surface area (Å²) in [7, 11) is 0. The number of amides is 1. The molecule has 0 aliphatic carbocycles. The van der Waals surface area contributed by atoms with Gasteiger partial charge in [0, 0.05) is 29.4 Å². The van der Waals surface area contributed by atoms with Crippen molar-refractivity contribution in [3.05, 3.63) is 108 Å². The van der Waals surface area contributed by atoms with Gasteiger partial charge in [0.1, 0.15) is 5.01 Å². The Bertz CT molecular complexity index is 1720. The predicted octanol–water partition coefficient (Wildman–Crippen LogP) is 6.19. The second-order valence-corrected chi connectivity index (χ2v) is 10.4. The van der Waals surface area contributed by atoms with Crippen molar-refractivity contribution in [2.45, 2.75) is 17.8 Å². The van der Waals surface area contributed by atoms with E-state index in [0.717, 1.165) is 26.5 Å². The summed E-state index contributed by atoms with van der Waals surface area (Å²) in [5, 5.41) is 13.0. The summed E-state index contributed by atoms with van der Waals surface area (Å²) in [6, 6.07) is 25.3. The van der Waals surface area contributed by atoms with Gasteiger partial charge in [-0.3, -0.25) is 4.79 Å². The van der Waals surface area contributed by atoms with Crippen LogP contribution in [0.4, 0.5) is 5.69 Å². The highest BCUT2D eigenvalue weighted by atomic mass is 32.2. The Kier molecular flexibility index (Phi) is 6.63. The van der Waals surface area contributed by atoms with Crippen LogP contribution in [-0.4, -0.2) is 35.9 Å². The van der Waals surface area contributed by atoms with E-state index in [4.69, 9.17) is 4.98 Å². The molecule has 10 heteroatoms. The first-order valence-corrected chi connectivity index (χ1v) is 13.6. The Morgan fingerprint density at radius 1 is 0.974 bits per heavy atom. The van der Waals surface area contributed by atoms with E-state index in [0.29, 0.717) is 22.3 Å².